The Labute approximate surface area is 170 Å². The minimum Gasteiger partial charge on any atom is -0.494 e. The molecule has 2 aromatic carbocycles. The minimum absolute atomic E-state index is 0.196. The van der Waals surface area contributed by atoms with Crippen LogP contribution in [0, 0.1) is 0 Å². The smallest absolute Gasteiger partial charge is 0.266 e. The largest absolute Gasteiger partial charge is 0.494 e. The van der Waals surface area contributed by atoms with Crippen LogP contribution in [-0.2, 0) is 0 Å². The van der Waals surface area contributed by atoms with E-state index in [4.69, 9.17) is 4.74 Å². The second kappa shape index (κ2) is 8.31. The van der Waals surface area contributed by atoms with E-state index in [0.717, 1.165) is 10.5 Å². The molecule has 150 valence electrons. The summed E-state index contributed by atoms with van der Waals surface area (Å²) < 4.78 is 5.40. The standard InChI is InChI=1S/C23H24N2O4/c1-5-24(14-15(3)4)21(26)16-7-12-19-20(13-16)23(28)25(22(19)27)17-8-10-18(11-9-17)29-6-2/h7-13H,3,5-6,14H2,1-2,4H3. The number of imide groups is 1. The van der Waals surface area contributed by atoms with Gasteiger partial charge in [0, 0.05) is 18.7 Å². The first-order valence-corrected chi connectivity index (χ1v) is 9.56. The van der Waals surface area contributed by atoms with Crippen LogP contribution in [0.25, 0.3) is 0 Å². The number of anilines is 1. The highest BCUT2D eigenvalue weighted by Gasteiger charge is 2.37. The second-order valence-corrected chi connectivity index (χ2v) is 6.91. The fraction of sp³-hybridized carbons (Fsp3) is 0.261. The fourth-order valence-electron chi connectivity index (χ4n) is 3.30. The lowest BCUT2D eigenvalue weighted by Crippen LogP contribution is -2.32. The molecule has 1 heterocycles. The van der Waals surface area contributed by atoms with Crippen LogP contribution >= 0.6 is 0 Å². The maximum Gasteiger partial charge on any atom is 0.266 e. The van der Waals surface area contributed by atoms with Crippen molar-refractivity contribution in [2.24, 2.45) is 0 Å². The van der Waals surface area contributed by atoms with Crippen LogP contribution in [0.3, 0.4) is 0 Å². The Balaban J connectivity index is 1.90. The SMILES string of the molecule is C=C(C)CN(CC)C(=O)c1ccc2c(c1)C(=O)N(c1ccc(OCC)cc1)C2=O. The summed E-state index contributed by atoms with van der Waals surface area (Å²) in [5, 5.41) is 0. The molecule has 29 heavy (non-hydrogen) atoms. The van der Waals surface area contributed by atoms with Gasteiger partial charge >= 0.3 is 0 Å². The average Bonchev–Trinajstić information content (AvgIpc) is 2.96. The van der Waals surface area contributed by atoms with Gasteiger partial charge < -0.3 is 9.64 Å². The third kappa shape index (κ3) is 3.92. The number of hydrogen-bond acceptors (Lipinski definition) is 4. The number of likely N-dealkylation sites (N-methyl/N-ethyl adjacent to an activating group) is 1. The van der Waals surface area contributed by atoms with Crippen LogP contribution < -0.4 is 9.64 Å². The highest BCUT2D eigenvalue weighted by Crippen LogP contribution is 2.30. The van der Waals surface area contributed by atoms with Crippen LogP contribution in [0.5, 0.6) is 5.75 Å². The number of benzene rings is 2. The van der Waals surface area contributed by atoms with Crippen LogP contribution in [0.2, 0.25) is 0 Å². The zero-order valence-corrected chi connectivity index (χ0v) is 16.9. The molecule has 0 bridgehead atoms. The Bertz CT molecular complexity index is 979. The average molecular weight is 392 g/mol. The quantitative estimate of drug-likeness (QED) is 0.529. The molecule has 6 heteroatoms. The summed E-state index contributed by atoms with van der Waals surface area (Å²) in [5.74, 6) is -0.370. The lowest BCUT2D eigenvalue weighted by molar-refractivity contribution is 0.0777. The zero-order valence-electron chi connectivity index (χ0n) is 16.9. The van der Waals surface area contributed by atoms with Gasteiger partial charge in [0.1, 0.15) is 5.75 Å². The molecule has 1 aliphatic rings. The number of ether oxygens (including phenoxy) is 1. The lowest BCUT2D eigenvalue weighted by Gasteiger charge is -2.21. The molecular formula is C23H24N2O4. The van der Waals surface area contributed by atoms with Gasteiger partial charge in [-0.2, -0.15) is 0 Å². The molecule has 0 radical (unpaired) electrons. The first kappa shape index (κ1) is 20.3. The molecular weight excluding hydrogens is 368 g/mol. The van der Waals surface area contributed by atoms with E-state index in [-0.39, 0.29) is 11.5 Å². The van der Waals surface area contributed by atoms with Crippen molar-refractivity contribution in [1.82, 2.24) is 4.90 Å². The van der Waals surface area contributed by atoms with E-state index in [2.05, 4.69) is 6.58 Å². The van der Waals surface area contributed by atoms with Crippen molar-refractivity contribution in [2.75, 3.05) is 24.6 Å². The maximum atomic E-state index is 12.9. The topological polar surface area (TPSA) is 66.9 Å². The molecule has 1 aliphatic heterocycles. The Kier molecular flexibility index (Phi) is 5.82. The molecule has 0 fully saturated rings. The Hall–Kier alpha value is -3.41. The van der Waals surface area contributed by atoms with E-state index in [0.29, 0.717) is 42.3 Å². The molecule has 3 rings (SSSR count). The van der Waals surface area contributed by atoms with Crippen molar-refractivity contribution in [3.8, 4) is 5.75 Å². The first-order chi connectivity index (χ1) is 13.9. The van der Waals surface area contributed by atoms with Crippen LogP contribution in [-0.4, -0.2) is 42.3 Å². The number of carbonyl (C=O) groups excluding carboxylic acids is 3. The summed E-state index contributed by atoms with van der Waals surface area (Å²) in [4.78, 5) is 41.3. The van der Waals surface area contributed by atoms with E-state index in [9.17, 15) is 14.4 Å². The summed E-state index contributed by atoms with van der Waals surface area (Å²) in [6, 6.07) is 11.4. The van der Waals surface area contributed by atoms with E-state index < -0.39 is 11.8 Å². The predicted molar refractivity (Wildman–Crippen MR) is 112 cm³/mol. The Morgan fingerprint density at radius 2 is 1.69 bits per heavy atom. The normalized spacial score (nSPS) is 12.7. The summed E-state index contributed by atoms with van der Waals surface area (Å²) in [6.07, 6.45) is 0. The number of carbonyl (C=O) groups is 3. The van der Waals surface area contributed by atoms with E-state index >= 15 is 0 Å². The number of fused-ring (bicyclic) bond motifs is 1. The molecule has 0 N–H and O–H groups in total. The van der Waals surface area contributed by atoms with Gasteiger partial charge in [0.2, 0.25) is 0 Å². The lowest BCUT2D eigenvalue weighted by atomic mass is 10.0. The van der Waals surface area contributed by atoms with Crippen molar-refractivity contribution in [3.05, 3.63) is 71.3 Å². The van der Waals surface area contributed by atoms with Gasteiger partial charge in [-0.15, -0.1) is 0 Å². The van der Waals surface area contributed by atoms with E-state index in [1.165, 1.54) is 6.07 Å². The van der Waals surface area contributed by atoms with Crippen molar-refractivity contribution < 1.29 is 19.1 Å². The Morgan fingerprint density at radius 3 is 2.28 bits per heavy atom. The molecule has 0 saturated carbocycles. The zero-order chi connectivity index (χ0) is 21.1. The molecule has 0 unspecified atom stereocenters. The van der Waals surface area contributed by atoms with Gasteiger partial charge in [-0.05, 0) is 63.2 Å². The first-order valence-electron chi connectivity index (χ1n) is 9.56. The van der Waals surface area contributed by atoms with Gasteiger partial charge in [-0.3, -0.25) is 14.4 Å². The third-order valence-corrected chi connectivity index (χ3v) is 4.67. The van der Waals surface area contributed by atoms with Crippen molar-refractivity contribution >= 4 is 23.4 Å². The monoisotopic (exact) mass is 392 g/mol. The summed E-state index contributed by atoms with van der Waals surface area (Å²) in [7, 11) is 0. The molecule has 0 aromatic heterocycles. The summed E-state index contributed by atoms with van der Waals surface area (Å²) in [5.41, 5.74) is 2.24. The number of nitrogens with zero attached hydrogens (tertiary/aromatic N) is 2. The minimum atomic E-state index is -0.438. The number of hydrogen-bond donors (Lipinski definition) is 0. The summed E-state index contributed by atoms with van der Waals surface area (Å²) in [6.45, 7) is 11.0. The third-order valence-electron chi connectivity index (χ3n) is 4.67. The molecule has 2 aromatic rings. The van der Waals surface area contributed by atoms with Crippen molar-refractivity contribution in [3.63, 3.8) is 0 Å². The molecule has 0 saturated heterocycles. The molecule has 6 nitrogen and oxygen atoms in total. The maximum absolute atomic E-state index is 12.9. The van der Waals surface area contributed by atoms with E-state index in [1.54, 1.807) is 41.3 Å². The number of rotatable bonds is 7. The van der Waals surface area contributed by atoms with Gasteiger partial charge in [0.25, 0.3) is 17.7 Å². The van der Waals surface area contributed by atoms with Gasteiger partial charge in [0.05, 0.1) is 23.4 Å². The Morgan fingerprint density at radius 1 is 1.03 bits per heavy atom. The highest BCUT2D eigenvalue weighted by atomic mass is 16.5. The van der Waals surface area contributed by atoms with Crippen molar-refractivity contribution in [2.45, 2.75) is 20.8 Å². The number of amides is 3. The van der Waals surface area contributed by atoms with Crippen LogP contribution in [0.4, 0.5) is 5.69 Å². The van der Waals surface area contributed by atoms with Gasteiger partial charge in [-0.25, -0.2) is 4.90 Å². The second-order valence-electron chi connectivity index (χ2n) is 6.91. The molecule has 0 spiro atoms. The van der Waals surface area contributed by atoms with Crippen LogP contribution in [0.15, 0.2) is 54.6 Å². The highest BCUT2D eigenvalue weighted by molar-refractivity contribution is 6.34. The molecule has 3 amide bonds. The molecule has 0 aliphatic carbocycles. The fourth-order valence-corrected chi connectivity index (χ4v) is 3.30. The van der Waals surface area contributed by atoms with Gasteiger partial charge in [-0.1, -0.05) is 12.2 Å². The van der Waals surface area contributed by atoms with Gasteiger partial charge in [0.15, 0.2) is 0 Å². The van der Waals surface area contributed by atoms with E-state index in [1.807, 2.05) is 20.8 Å². The van der Waals surface area contributed by atoms with Crippen LogP contribution in [0.1, 0.15) is 51.8 Å². The summed E-state index contributed by atoms with van der Waals surface area (Å²) >= 11 is 0. The van der Waals surface area contributed by atoms with Crippen molar-refractivity contribution in [1.29, 1.82) is 0 Å². The molecule has 0 atom stereocenters. The predicted octanol–water partition coefficient (Wildman–Crippen LogP) is 3.92.